The molecule has 2 aromatic rings. The molecule has 2 aliphatic rings. The van der Waals surface area contributed by atoms with Gasteiger partial charge in [-0.25, -0.2) is 0 Å². The van der Waals surface area contributed by atoms with Crippen LogP contribution in [-0.2, 0) is 20.7 Å². The smallest absolute Gasteiger partial charge is 0.295 e. The van der Waals surface area contributed by atoms with Crippen LogP contribution in [-0.4, -0.2) is 62.2 Å². The average molecular weight is 437 g/mol. The van der Waals surface area contributed by atoms with Crippen molar-refractivity contribution in [3.8, 4) is 5.75 Å². The normalized spacial score (nSPS) is 21.6. The molecule has 1 fully saturated rings. The van der Waals surface area contributed by atoms with Gasteiger partial charge in [-0.05, 0) is 48.4 Å². The maximum absolute atomic E-state index is 13.1. The predicted octanol–water partition coefficient (Wildman–Crippen LogP) is 3.14. The lowest BCUT2D eigenvalue weighted by Gasteiger charge is -2.25. The largest absolute Gasteiger partial charge is 0.507 e. The lowest BCUT2D eigenvalue weighted by Crippen LogP contribution is -2.32. The number of methoxy groups -OCH3 is 1. The number of aliphatic hydroxyl groups excluding tert-OH is 1. The summed E-state index contributed by atoms with van der Waals surface area (Å²) >= 11 is 0. The Balaban J connectivity index is 1.81. The minimum Gasteiger partial charge on any atom is -0.507 e. The Bertz CT molecular complexity index is 1070. The third-order valence-electron chi connectivity index (χ3n) is 5.97. The highest BCUT2D eigenvalue weighted by atomic mass is 16.5. The summed E-state index contributed by atoms with van der Waals surface area (Å²) in [5.74, 6) is -0.716. The van der Waals surface area contributed by atoms with Crippen molar-refractivity contribution in [1.29, 1.82) is 0 Å². The topological polar surface area (TPSA) is 79.3 Å². The van der Waals surface area contributed by atoms with E-state index in [9.17, 15) is 14.7 Å². The molecule has 2 aromatic carbocycles. The fourth-order valence-corrected chi connectivity index (χ4v) is 4.33. The van der Waals surface area contributed by atoms with Crippen molar-refractivity contribution in [3.05, 3.63) is 64.7 Å². The summed E-state index contributed by atoms with van der Waals surface area (Å²) in [6.45, 7) is 2.51. The highest BCUT2D eigenvalue weighted by Gasteiger charge is 2.46. The summed E-state index contributed by atoms with van der Waals surface area (Å²) in [7, 11) is 5.43. The number of likely N-dealkylation sites (tertiary alicyclic amines) is 1. The van der Waals surface area contributed by atoms with Crippen molar-refractivity contribution in [3.63, 3.8) is 0 Å². The summed E-state index contributed by atoms with van der Waals surface area (Å²) in [5, 5.41) is 11.2. The van der Waals surface area contributed by atoms with E-state index in [0.717, 1.165) is 29.0 Å². The van der Waals surface area contributed by atoms with E-state index in [1.165, 1.54) is 4.90 Å². The van der Waals surface area contributed by atoms with Crippen LogP contribution < -0.4 is 9.64 Å². The summed E-state index contributed by atoms with van der Waals surface area (Å²) in [5.41, 5.74) is 3.32. The van der Waals surface area contributed by atoms with E-state index in [0.29, 0.717) is 5.56 Å². The summed E-state index contributed by atoms with van der Waals surface area (Å²) < 4.78 is 10.9. The van der Waals surface area contributed by atoms with Gasteiger partial charge < -0.3 is 24.4 Å². The first-order valence-electron chi connectivity index (χ1n) is 10.7. The third kappa shape index (κ3) is 3.84. The Morgan fingerprint density at radius 1 is 1.19 bits per heavy atom. The number of hydrogen-bond donors (Lipinski definition) is 1. The standard InChI is InChI=1S/C25H28N2O5/c1-15-13-18-14-17(7-10-20(18)32-15)23(28)21-22(16-5-8-19(9-6-16)26(2)3)27(11-12-31-4)25(30)24(21)29/h5-10,14-15,22,28H,11-13H2,1-4H3/b23-21-. The number of anilines is 1. The second kappa shape index (κ2) is 8.67. The molecule has 32 heavy (non-hydrogen) atoms. The van der Waals surface area contributed by atoms with Crippen LogP contribution in [0.4, 0.5) is 5.69 Å². The Morgan fingerprint density at radius 2 is 1.91 bits per heavy atom. The molecule has 0 aromatic heterocycles. The van der Waals surface area contributed by atoms with Crippen LogP contribution in [0.15, 0.2) is 48.0 Å². The Kier molecular flexibility index (Phi) is 5.93. The van der Waals surface area contributed by atoms with Crippen LogP contribution in [0.25, 0.3) is 5.76 Å². The van der Waals surface area contributed by atoms with Crippen molar-refractivity contribution in [2.45, 2.75) is 25.5 Å². The number of aliphatic hydroxyl groups is 1. The Morgan fingerprint density at radius 3 is 2.56 bits per heavy atom. The molecule has 7 heteroatoms. The van der Waals surface area contributed by atoms with Gasteiger partial charge in [0, 0.05) is 45.4 Å². The number of benzene rings is 2. The molecule has 0 radical (unpaired) electrons. The van der Waals surface area contributed by atoms with Gasteiger partial charge in [0.05, 0.1) is 18.2 Å². The lowest BCUT2D eigenvalue weighted by atomic mass is 9.94. The van der Waals surface area contributed by atoms with E-state index < -0.39 is 17.7 Å². The van der Waals surface area contributed by atoms with Crippen LogP contribution in [0.3, 0.4) is 0 Å². The first-order chi connectivity index (χ1) is 15.3. The molecule has 168 valence electrons. The van der Waals surface area contributed by atoms with Crippen LogP contribution in [0.2, 0.25) is 0 Å². The van der Waals surface area contributed by atoms with Gasteiger partial charge in [-0.1, -0.05) is 12.1 Å². The molecule has 0 saturated carbocycles. The summed E-state index contributed by atoms with van der Waals surface area (Å²) in [4.78, 5) is 29.4. The van der Waals surface area contributed by atoms with E-state index in [1.54, 1.807) is 19.2 Å². The molecule has 0 spiro atoms. The highest BCUT2D eigenvalue weighted by Crippen LogP contribution is 2.40. The number of amides is 1. The van der Waals surface area contributed by atoms with E-state index >= 15 is 0 Å². The molecule has 0 bridgehead atoms. The second-order valence-corrected chi connectivity index (χ2v) is 8.43. The molecule has 2 heterocycles. The van der Waals surface area contributed by atoms with Gasteiger partial charge in [0.2, 0.25) is 0 Å². The lowest BCUT2D eigenvalue weighted by molar-refractivity contribution is -0.140. The molecule has 2 atom stereocenters. The fourth-order valence-electron chi connectivity index (χ4n) is 4.33. The zero-order valence-electron chi connectivity index (χ0n) is 18.8. The monoisotopic (exact) mass is 436 g/mol. The van der Waals surface area contributed by atoms with Gasteiger partial charge in [0.1, 0.15) is 17.6 Å². The van der Waals surface area contributed by atoms with E-state index in [-0.39, 0.29) is 30.6 Å². The fraction of sp³-hybridized carbons (Fsp3) is 0.360. The van der Waals surface area contributed by atoms with Crippen LogP contribution in [0.1, 0.15) is 29.7 Å². The van der Waals surface area contributed by atoms with Crippen molar-refractivity contribution < 1.29 is 24.2 Å². The van der Waals surface area contributed by atoms with Crippen molar-refractivity contribution in [2.75, 3.05) is 39.3 Å². The van der Waals surface area contributed by atoms with Crippen molar-refractivity contribution >= 4 is 23.1 Å². The van der Waals surface area contributed by atoms with Crippen LogP contribution in [0, 0.1) is 0 Å². The number of hydrogen-bond acceptors (Lipinski definition) is 6. The summed E-state index contributed by atoms with van der Waals surface area (Å²) in [6, 6.07) is 12.3. The first kappa shape index (κ1) is 21.9. The molecular weight excluding hydrogens is 408 g/mol. The van der Waals surface area contributed by atoms with Gasteiger partial charge in [-0.15, -0.1) is 0 Å². The third-order valence-corrected chi connectivity index (χ3v) is 5.97. The zero-order valence-corrected chi connectivity index (χ0v) is 18.8. The van der Waals surface area contributed by atoms with Crippen molar-refractivity contribution in [2.24, 2.45) is 0 Å². The maximum atomic E-state index is 13.1. The number of Topliss-reactive ketones (excluding diaryl/α,β-unsaturated/α-hetero) is 1. The SMILES string of the molecule is COCCN1C(=O)C(=O)/C(=C(\O)c2ccc3c(c2)CC(C)O3)C1c1ccc(N(C)C)cc1. The number of fused-ring (bicyclic) bond motifs is 1. The predicted molar refractivity (Wildman–Crippen MR) is 122 cm³/mol. The van der Waals surface area contributed by atoms with Gasteiger partial charge in [-0.3, -0.25) is 9.59 Å². The molecule has 0 aliphatic carbocycles. The Hall–Kier alpha value is -3.32. The molecule has 1 saturated heterocycles. The van der Waals surface area contributed by atoms with Crippen LogP contribution in [0.5, 0.6) is 5.75 Å². The molecule has 2 unspecified atom stereocenters. The zero-order chi connectivity index (χ0) is 23.0. The maximum Gasteiger partial charge on any atom is 0.295 e. The van der Waals surface area contributed by atoms with Gasteiger partial charge >= 0.3 is 0 Å². The minimum absolute atomic E-state index is 0.0669. The van der Waals surface area contributed by atoms with Gasteiger partial charge in [-0.2, -0.15) is 0 Å². The molecule has 4 rings (SSSR count). The van der Waals surface area contributed by atoms with Gasteiger partial charge in [0.15, 0.2) is 0 Å². The number of nitrogens with zero attached hydrogens (tertiary/aromatic N) is 2. The highest BCUT2D eigenvalue weighted by molar-refractivity contribution is 6.46. The first-order valence-corrected chi connectivity index (χ1v) is 10.7. The Labute approximate surface area is 187 Å². The van der Waals surface area contributed by atoms with E-state index in [1.807, 2.05) is 56.3 Å². The number of rotatable bonds is 6. The molecule has 1 amide bonds. The number of carbonyl (C=O) groups is 2. The quantitative estimate of drug-likeness (QED) is 0.426. The summed E-state index contributed by atoms with van der Waals surface area (Å²) in [6.07, 6.45) is 0.797. The number of carbonyl (C=O) groups excluding carboxylic acids is 2. The molecule has 2 aliphatic heterocycles. The molecule has 7 nitrogen and oxygen atoms in total. The van der Waals surface area contributed by atoms with E-state index in [4.69, 9.17) is 9.47 Å². The van der Waals surface area contributed by atoms with E-state index in [2.05, 4.69) is 0 Å². The molecular formula is C25H28N2O5. The van der Waals surface area contributed by atoms with Gasteiger partial charge in [0.25, 0.3) is 11.7 Å². The van der Waals surface area contributed by atoms with Crippen LogP contribution >= 0.6 is 0 Å². The van der Waals surface area contributed by atoms with Crippen molar-refractivity contribution in [1.82, 2.24) is 4.90 Å². The average Bonchev–Trinajstić information content (AvgIpc) is 3.27. The second-order valence-electron chi connectivity index (χ2n) is 8.43. The number of ketones is 1. The number of ether oxygens (including phenoxy) is 2. The molecule has 1 N–H and O–H groups in total. The minimum atomic E-state index is -0.690.